The van der Waals surface area contributed by atoms with E-state index in [1.165, 1.54) is 0 Å². The molecule has 0 spiro atoms. The average molecular weight is 613 g/mol. The van der Waals surface area contributed by atoms with Crippen LogP contribution in [0.5, 0.6) is 0 Å². The summed E-state index contributed by atoms with van der Waals surface area (Å²) in [4.78, 5) is 19.4. The number of hydrogen-bond donors (Lipinski definition) is 0. The van der Waals surface area contributed by atoms with Crippen molar-refractivity contribution in [3.05, 3.63) is 137 Å². The highest BCUT2D eigenvalue weighted by molar-refractivity contribution is 5.78. The summed E-state index contributed by atoms with van der Waals surface area (Å²) in [5, 5.41) is 0. The molecule has 1 aliphatic heterocycles. The van der Waals surface area contributed by atoms with Crippen molar-refractivity contribution in [3.63, 3.8) is 0 Å². The van der Waals surface area contributed by atoms with Gasteiger partial charge in [-0.3, -0.25) is 9.78 Å². The predicted molar refractivity (Wildman–Crippen MR) is 152 cm³/mol. The molecule has 0 radical (unpaired) electrons. The van der Waals surface area contributed by atoms with E-state index in [1.54, 1.807) is 29.3 Å². The van der Waals surface area contributed by atoms with Gasteiger partial charge in [0.2, 0.25) is 5.91 Å². The maximum absolute atomic E-state index is 13.5. The van der Waals surface area contributed by atoms with Gasteiger partial charge in [-0.2, -0.15) is 26.3 Å². The summed E-state index contributed by atoms with van der Waals surface area (Å²) in [5.74, 6) is -0.742. The molecule has 4 aromatic rings. The highest BCUT2D eigenvalue weighted by atomic mass is 19.4. The van der Waals surface area contributed by atoms with Crippen LogP contribution in [-0.4, -0.2) is 35.0 Å². The molecule has 1 aliphatic rings. The van der Waals surface area contributed by atoms with Crippen molar-refractivity contribution in [2.75, 3.05) is 13.1 Å². The molecule has 44 heavy (non-hydrogen) atoms. The number of aromatic nitrogens is 1. The number of carbonyl (C=O) groups excluding carboxylic acids is 1. The molecule has 0 N–H and O–H groups in total. The minimum Gasteiger partial charge on any atom is -0.373 e. The number of rotatable bonds is 8. The Hall–Kier alpha value is -4.18. The van der Waals surface area contributed by atoms with Crippen molar-refractivity contribution in [3.8, 4) is 0 Å². The van der Waals surface area contributed by atoms with Gasteiger partial charge in [-0.25, -0.2) is 0 Å². The molecule has 2 unspecified atom stereocenters. The predicted octanol–water partition coefficient (Wildman–Crippen LogP) is 7.93. The second-order valence-electron chi connectivity index (χ2n) is 10.9. The number of carbonyl (C=O) groups is 1. The minimum absolute atomic E-state index is 0.102. The van der Waals surface area contributed by atoms with Gasteiger partial charge < -0.3 is 9.64 Å². The molecule has 10 heteroatoms. The van der Waals surface area contributed by atoms with Crippen LogP contribution in [0, 0.1) is 5.92 Å². The first-order valence-corrected chi connectivity index (χ1v) is 14.2. The largest absolute Gasteiger partial charge is 0.416 e. The molecule has 3 aromatic carbocycles. The number of nitrogens with zero attached hydrogens (tertiary/aromatic N) is 2. The van der Waals surface area contributed by atoms with Crippen LogP contribution in [-0.2, 0) is 34.9 Å². The number of piperidine rings is 1. The molecule has 0 bridgehead atoms. The fourth-order valence-corrected chi connectivity index (χ4v) is 5.80. The number of likely N-dealkylation sites (tertiary alicyclic amines) is 1. The Bertz CT molecular complexity index is 1460. The van der Waals surface area contributed by atoms with E-state index in [0.29, 0.717) is 30.8 Å². The first-order valence-electron chi connectivity index (χ1n) is 14.2. The molecule has 5 rings (SSSR count). The van der Waals surface area contributed by atoms with E-state index < -0.39 is 36.2 Å². The van der Waals surface area contributed by atoms with Crippen LogP contribution in [0.3, 0.4) is 0 Å². The lowest BCUT2D eigenvalue weighted by molar-refractivity contribution is -0.143. The molecule has 0 aliphatic carbocycles. The van der Waals surface area contributed by atoms with Gasteiger partial charge in [0.25, 0.3) is 0 Å². The fraction of sp³-hybridized carbons (Fsp3) is 0.294. The van der Waals surface area contributed by atoms with E-state index in [1.807, 2.05) is 60.7 Å². The summed E-state index contributed by atoms with van der Waals surface area (Å²) in [6, 6.07) is 26.1. The molecule has 1 fully saturated rings. The second kappa shape index (κ2) is 13.2. The van der Waals surface area contributed by atoms with Gasteiger partial charge in [0.1, 0.15) is 0 Å². The number of ether oxygens (including phenoxy) is 1. The minimum atomic E-state index is -4.95. The molecule has 230 valence electrons. The van der Waals surface area contributed by atoms with E-state index in [0.717, 1.165) is 11.1 Å². The summed E-state index contributed by atoms with van der Waals surface area (Å²) in [7, 11) is 0. The standard InChI is InChI=1S/C34H30F6N2O2/c35-33(36,37)26-17-23(18-27(19-26)34(38,39)40)22-44-30-14-16-42(31(43)20-28-13-7-8-15-41-28)21-29(30)32(24-9-3-1-4-10-24)25-11-5-2-6-12-25/h1-13,15,17-19,29-30,32H,14,16,20-22H2. The van der Waals surface area contributed by atoms with Gasteiger partial charge in [0.05, 0.1) is 30.3 Å². The van der Waals surface area contributed by atoms with E-state index in [9.17, 15) is 31.1 Å². The fourth-order valence-electron chi connectivity index (χ4n) is 5.80. The maximum Gasteiger partial charge on any atom is 0.416 e. The van der Waals surface area contributed by atoms with Gasteiger partial charge >= 0.3 is 12.4 Å². The monoisotopic (exact) mass is 612 g/mol. The van der Waals surface area contributed by atoms with E-state index >= 15 is 0 Å². The van der Waals surface area contributed by atoms with E-state index in [2.05, 4.69) is 4.98 Å². The van der Waals surface area contributed by atoms with Crippen molar-refractivity contribution >= 4 is 5.91 Å². The van der Waals surface area contributed by atoms with Gasteiger partial charge in [-0.1, -0.05) is 66.7 Å². The lowest BCUT2D eigenvalue weighted by atomic mass is 9.75. The molecular weight excluding hydrogens is 582 g/mol. The lowest BCUT2D eigenvalue weighted by Gasteiger charge is -2.42. The highest BCUT2D eigenvalue weighted by Crippen LogP contribution is 2.40. The zero-order valence-electron chi connectivity index (χ0n) is 23.6. The Balaban J connectivity index is 1.47. The van der Waals surface area contributed by atoms with Crippen molar-refractivity contribution in [1.82, 2.24) is 9.88 Å². The number of alkyl halides is 6. The lowest BCUT2D eigenvalue weighted by Crippen LogP contribution is -2.49. The first-order chi connectivity index (χ1) is 21.0. The van der Waals surface area contributed by atoms with Crippen molar-refractivity contribution in [2.45, 2.75) is 43.8 Å². The van der Waals surface area contributed by atoms with Crippen LogP contribution in [0.4, 0.5) is 26.3 Å². The summed E-state index contributed by atoms with van der Waals surface area (Å²) < 4.78 is 87.2. The number of halogens is 6. The molecule has 0 saturated carbocycles. The zero-order chi connectivity index (χ0) is 31.3. The van der Waals surface area contributed by atoms with Crippen molar-refractivity contribution in [2.24, 2.45) is 5.92 Å². The third kappa shape index (κ3) is 7.66. The Morgan fingerprint density at radius 2 is 1.39 bits per heavy atom. The smallest absolute Gasteiger partial charge is 0.373 e. The van der Waals surface area contributed by atoms with Gasteiger partial charge in [0, 0.05) is 36.8 Å². The number of amides is 1. The normalized spacial score (nSPS) is 17.6. The Morgan fingerprint density at radius 1 is 0.818 bits per heavy atom. The number of benzene rings is 3. The van der Waals surface area contributed by atoms with Crippen molar-refractivity contribution in [1.29, 1.82) is 0 Å². The topological polar surface area (TPSA) is 42.4 Å². The summed E-state index contributed by atoms with van der Waals surface area (Å²) in [6.07, 6.45) is -8.41. The average Bonchev–Trinajstić information content (AvgIpc) is 3.01. The third-order valence-corrected chi connectivity index (χ3v) is 7.86. The van der Waals surface area contributed by atoms with Crippen LogP contribution < -0.4 is 0 Å². The Morgan fingerprint density at radius 3 is 1.91 bits per heavy atom. The Labute approximate surface area is 251 Å². The molecule has 2 atom stereocenters. The maximum atomic E-state index is 13.5. The SMILES string of the molecule is O=C(Cc1ccccn1)N1CCC(OCc2cc(C(F)(F)F)cc(C(F)(F)F)c2)C(C(c2ccccc2)c2ccccc2)C1. The van der Waals surface area contributed by atoms with Crippen LogP contribution in [0.15, 0.2) is 103 Å². The third-order valence-electron chi connectivity index (χ3n) is 7.86. The Kier molecular flexibility index (Phi) is 9.39. The first kappa shape index (κ1) is 31.3. The molecule has 2 heterocycles. The van der Waals surface area contributed by atoms with Crippen LogP contribution in [0.25, 0.3) is 0 Å². The summed E-state index contributed by atoms with van der Waals surface area (Å²) in [6.45, 7) is 0.146. The molecule has 1 amide bonds. The quantitative estimate of drug-likeness (QED) is 0.190. The number of pyridine rings is 1. The van der Waals surface area contributed by atoms with E-state index in [-0.39, 0.29) is 42.3 Å². The van der Waals surface area contributed by atoms with Crippen LogP contribution in [0.1, 0.15) is 45.8 Å². The van der Waals surface area contributed by atoms with Crippen LogP contribution >= 0.6 is 0 Å². The number of hydrogen-bond acceptors (Lipinski definition) is 3. The molecular formula is C34H30F6N2O2. The van der Waals surface area contributed by atoms with Crippen molar-refractivity contribution < 1.29 is 35.9 Å². The van der Waals surface area contributed by atoms with Gasteiger partial charge in [-0.05, 0) is 53.4 Å². The van der Waals surface area contributed by atoms with Crippen LogP contribution in [0.2, 0.25) is 0 Å². The molecule has 4 nitrogen and oxygen atoms in total. The van der Waals surface area contributed by atoms with Gasteiger partial charge in [-0.15, -0.1) is 0 Å². The zero-order valence-corrected chi connectivity index (χ0v) is 23.6. The van der Waals surface area contributed by atoms with E-state index in [4.69, 9.17) is 4.74 Å². The summed E-state index contributed by atoms with van der Waals surface area (Å²) >= 11 is 0. The summed E-state index contributed by atoms with van der Waals surface area (Å²) in [5.41, 5.74) is -0.465. The second-order valence-corrected chi connectivity index (χ2v) is 10.9. The van der Waals surface area contributed by atoms with Gasteiger partial charge in [0.15, 0.2) is 0 Å². The molecule has 1 aromatic heterocycles. The molecule has 1 saturated heterocycles. The highest BCUT2D eigenvalue weighted by Gasteiger charge is 2.40.